The third-order valence-electron chi connectivity index (χ3n) is 3.33. The van der Waals surface area contributed by atoms with Crippen molar-refractivity contribution in [2.24, 2.45) is 5.14 Å². The van der Waals surface area contributed by atoms with Gasteiger partial charge in [-0.05, 0) is 18.2 Å². The maximum atomic E-state index is 12.0. The van der Waals surface area contributed by atoms with Crippen molar-refractivity contribution in [3.8, 4) is 0 Å². The third kappa shape index (κ3) is 2.07. The summed E-state index contributed by atoms with van der Waals surface area (Å²) in [5.41, 5.74) is 1.67. The molecule has 2 N–H and O–H groups in total. The third-order valence-corrected chi connectivity index (χ3v) is 4.23. The van der Waals surface area contributed by atoms with E-state index in [2.05, 4.69) is 0 Å². The first-order chi connectivity index (χ1) is 9.93. The van der Waals surface area contributed by atoms with Gasteiger partial charge in [0.2, 0.25) is 10.0 Å². The summed E-state index contributed by atoms with van der Waals surface area (Å²) >= 11 is 0. The Labute approximate surface area is 120 Å². The quantitative estimate of drug-likeness (QED) is 0.727. The van der Waals surface area contributed by atoms with Crippen LogP contribution in [-0.4, -0.2) is 25.9 Å². The van der Waals surface area contributed by atoms with Crippen LogP contribution < -0.4 is 5.14 Å². The van der Waals surface area contributed by atoms with E-state index in [0.717, 1.165) is 0 Å². The summed E-state index contributed by atoms with van der Waals surface area (Å²) in [6.45, 7) is 0. The lowest BCUT2D eigenvalue weighted by atomic mass is 10.1. The van der Waals surface area contributed by atoms with Gasteiger partial charge in [-0.3, -0.25) is 0 Å². The Bertz CT molecular complexity index is 973. The molecule has 2 aromatic heterocycles. The Morgan fingerprint density at radius 1 is 1.14 bits per heavy atom. The molecule has 0 unspecified atom stereocenters. The van der Waals surface area contributed by atoms with E-state index in [1.807, 2.05) is 0 Å². The van der Waals surface area contributed by atoms with Gasteiger partial charge in [0.15, 0.2) is 0 Å². The number of methoxy groups -OCH3 is 1. The van der Waals surface area contributed by atoms with Crippen LogP contribution in [0, 0.1) is 0 Å². The molecule has 0 radical (unpaired) electrons. The number of hydrogen-bond acceptors (Lipinski definition) is 4. The van der Waals surface area contributed by atoms with E-state index in [1.165, 1.54) is 19.4 Å². The van der Waals surface area contributed by atoms with Gasteiger partial charge in [0.25, 0.3) is 0 Å². The Balaban J connectivity index is 2.49. The number of sulfonamides is 1. The minimum atomic E-state index is -3.82. The van der Waals surface area contributed by atoms with Gasteiger partial charge in [-0.25, -0.2) is 18.4 Å². The highest BCUT2D eigenvalue weighted by molar-refractivity contribution is 7.89. The van der Waals surface area contributed by atoms with Crippen LogP contribution in [0.2, 0.25) is 0 Å². The zero-order valence-corrected chi connectivity index (χ0v) is 11.9. The van der Waals surface area contributed by atoms with Crippen LogP contribution in [0.15, 0.2) is 47.5 Å². The van der Waals surface area contributed by atoms with Crippen molar-refractivity contribution in [2.45, 2.75) is 4.90 Å². The average Bonchev–Trinajstić information content (AvgIpc) is 2.79. The first kappa shape index (κ1) is 13.6. The van der Waals surface area contributed by atoms with Crippen LogP contribution in [-0.2, 0) is 14.8 Å². The lowest BCUT2D eigenvalue weighted by Crippen LogP contribution is -2.12. The molecule has 3 rings (SSSR count). The molecule has 0 atom stereocenters. The monoisotopic (exact) mass is 304 g/mol. The number of primary sulfonamides is 1. The van der Waals surface area contributed by atoms with E-state index in [0.29, 0.717) is 22.0 Å². The molecular weight excluding hydrogens is 292 g/mol. The van der Waals surface area contributed by atoms with E-state index in [4.69, 9.17) is 9.88 Å². The van der Waals surface area contributed by atoms with Gasteiger partial charge in [0.05, 0.1) is 28.6 Å². The summed E-state index contributed by atoms with van der Waals surface area (Å²) in [7, 11) is -2.51. The van der Waals surface area contributed by atoms with Crippen molar-refractivity contribution in [2.75, 3.05) is 7.11 Å². The van der Waals surface area contributed by atoms with Crippen LogP contribution in [0.25, 0.3) is 16.4 Å². The van der Waals surface area contributed by atoms with Crippen LogP contribution in [0.1, 0.15) is 10.4 Å². The van der Waals surface area contributed by atoms with E-state index in [-0.39, 0.29) is 4.90 Å². The summed E-state index contributed by atoms with van der Waals surface area (Å²) in [6.07, 6.45) is 1.40. The Kier molecular flexibility index (Phi) is 2.96. The number of para-hydroxylation sites is 1. The fourth-order valence-corrected chi connectivity index (χ4v) is 2.91. The predicted octanol–water partition coefficient (Wildman–Crippen LogP) is 1.53. The molecule has 0 aliphatic rings. The molecule has 21 heavy (non-hydrogen) atoms. The highest BCUT2D eigenvalue weighted by Crippen LogP contribution is 2.28. The summed E-state index contributed by atoms with van der Waals surface area (Å²) in [4.78, 5) is 12.0. The fourth-order valence-electron chi connectivity index (χ4n) is 2.40. The molecule has 7 heteroatoms. The van der Waals surface area contributed by atoms with Gasteiger partial charge in [-0.1, -0.05) is 18.2 Å². The van der Waals surface area contributed by atoms with E-state index in [9.17, 15) is 13.2 Å². The highest BCUT2D eigenvalue weighted by Gasteiger charge is 2.19. The van der Waals surface area contributed by atoms with Gasteiger partial charge in [0.1, 0.15) is 0 Å². The standard InChI is InChI=1S/C14H12N2O4S/c1-20-14(17)13-10-4-2-3-5-11(10)16-8-9(21(15,18)19)6-7-12(13)16/h2-8H,1H3,(H2,15,18,19). The van der Waals surface area contributed by atoms with Crippen molar-refractivity contribution in [3.05, 3.63) is 48.2 Å². The number of nitrogens with two attached hydrogens (primary N) is 1. The first-order valence-corrected chi connectivity index (χ1v) is 7.62. The lowest BCUT2D eigenvalue weighted by molar-refractivity contribution is 0.0605. The van der Waals surface area contributed by atoms with Gasteiger partial charge in [0, 0.05) is 11.6 Å². The second kappa shape index (κ2) is 4.57. The Hall–Kier alpha value is -2.38. The minimum Gasteiger partial charge on any atom is -0.465 e. The number of ether oxygens (including phenoxy) is 1. The molecule has 0 fully saturated rings. The second-order valence-corrected chi connectivity index (χ2v) is 6.11. The molecule has 3 aromatic rings. The van der Waals surface area contributed by atoms with Crippen molar-refractivity contribution in [3.63, 3.8) is 0 Å². The minimum absolute atomic E-state index is 0.0211. The summed E-state index contributed by atoms with van der Waals surface area (Å²) in [5.74, 6) is -0.475. The van der Waals surface area contributed by atoms with Crippen LogP contribution >= 0.6 is 0 Å². The predicted molar refractivity (Wildman–Crippen MR) is 77.6 cm³/mol. The molecule has 0 aliphatic heterocycles. The number of aromatic nitrogens is 1. The van der Waals surface area contributed by atoms with Crippen molar-refractivity contribution < 1.29 is 17.9 Å². The molecule has 0 bridgehead atoms. The SMILES string of the molecule is COC(=O)c1c2ccccc2n2cc(S(N)(=O)=O)ccc12. The normalized spacial score (nSPS) is 11.9. The van der Waals surface area contributed by atoms with Crippen LogP contribution in [0.5, 0.6) is 0 Å². The van der Waals surface area contributed by atoms with Crippen molar-refractivity contribution in [1.29, 1.82) is 0 Å². The molecule has 1 aromatic carbocycles. The van der Waals surface area contributed by atoms with Gasteiger partial charge in [-0.2, -0.15) is 0 Å². The molecule has 6 nitrogen and oxygen atoms in total. The number of carbonyl (C=O) groups is 1. The number of carbonyl (C=O) groups excluding carboxylic acids is 1. The number of rotatable bonds is 2. The molecular formula is C14H12N2O4S. The fraction of sp³-hybridized carbons (Fsp3) is 0.0714. The molecule has 108 valence electrons. The van der Waals surface area contributed by atoms with Crippen molar-refractivity contribution in [1.82, 2.24) is 4.40 Å². The second-order valence-electron chi connectivity index (χ2n) is 4.55. The maximum absolute atomic E-state index is 12.0. The number of nitrogens with zero attached hydrogens (tertiary/aromatic N) is 1. The average molecular weight is 304 g/mol. The van der Waals surface area contributed by atoms with Crippen LogP contribution in [0.3, 0.4) is 0 Å². The number of pyridine rings is 1. The number of fused-ring (bicyclic) bond motifs is 3. The molecule has 0 amide bonds. The maximum Gasteiger partial charge on any atom is 0.340 e. The number of benzene rings is 1. The Morgan fingerprint density at radius 3 is 2.52 bits per heavy atom. The topological polar surface area (TPSA) is 90.9 Å². The largest absolute Gasteiger partial charge is 0.465 e. The summed E-state index contributed by atoms with van der Waals surface area (Å²) in [6, 6.07) is 10.1. The summed E-state index contributed by atoms with van der Waals surface area (Å²) < 4.78 is 29.4. The highest BCUT2D eigenvalue weighted by atomic mass is 32.2. The van der Waals surface area contributed by atoms with Crippen molar-refractivity contribution >= 4 is 32.4 Å². The zero-order valence-electron chi connectivity index (χ0n) is 11.1. The van der Waals surface area contributed by atoms with E-state index in [1.54, 1.807) is 34.7 Å². The van der Waals surface area contributed by atoms with E-state index < -0.39 is 16.0 Å². The number of esters is 1. The van der Waals surface area contributed by atoms with Gasteiger partial charge >= 0.3 is 5.97 Å². The van der Waals surface area contributed by atoms with Gasteiger partial charge in [-0.15, -0.1) is 0 Å². The first-order valence-electron chi connectivity index (χ1n) is 6.07. The zero-order chi connectivity index (χ0) is 15.2. The Morgan fingerprint density at radius 2 is 1.86 bits per heavy atom. The smallest absolute Gasteiger partial charge is 0.340 e. The molecule has 0 saturated carbocycles. The summed E-state index contributed by atoms with van der Waals surface area (Å²) in [5, 5.41) is 5.84. The van der Waals surface area contributed by atoms with Crippen LogP contribution in [0.4, 0.5) is 0 Å². The molecule has 0 spiro atoms. The molecule has 2 heterocycles. The van der Waals surface area contributed by atoms with E-state index >= 15 is 0 Å². The van der Waals surface area contributed by atoms with Gasteiger partial charge < -0.3 is 9.14 Å². The lowest BCUT2D eigenvalue weighted by Gasteiger charge is -2.02. The molecule has 0 aliphatic carbocycles. The number of hydrogen-bond donors (Lipinski definition) is 1. The molecule has 0 saturated heterocycles.